The van der Waals surface area contributed by atoms with Gasteiger partial charge in [0.15, 0.2) is 0 Å². The number of hydrogen-bond donors (Lipinski definition) is 2. The third-order valence-electron chi connectivity index (χ3n) is 2.83. The minimum atomic E-state index is -4.65. The zero-order chi connectivity index (χ0) is 12.8. The molecule has 0 saturated heterocycles. The van der Waals surface area contributed by atoms with E-state index in [1.807, 2.05) is 0 Å². The molecular formula is C11H11F3N2O. The van der Waals surface area contributed by atoms with Gasteiger partial charge in [-0.25, -0.2) is 0 Å². The number of nitrogens with one attached hydrogen (secondary N) is 2. The van der Waals surface area contributed by atoms with Gasteiger partial charge in [0.25, 0.3) is 5.91 Å². The Balaban J connectivity index is 2.47. The van der Waals surface area contributed by atoms with Crippen LogP contribution in [0.1, 0.15) is 12.5 Å². The molecule has 1 amide bonds. The van der Waals surface area contributed by atoms with Crippen LogP contribution in [0, 0.1) is 6.92 Å². The van der Waals surface area contributed by atoms with E-state index >= 15 is 0 Å². The summed E-state index contributed by atoms with van der Waals surface area (Å²) in [5, 5.41) is 4.53. The van der Waals surface area contributed by atoms with Crippen LogP contribution in [0.4, 0.5) is 24.5 Å². The van der Waals surface area contributed by atoms with Crippen molar-refractivity contribution in [3.05, 3.63) is 23.8 Å². The van der Waals surface area contributed by atoms with Gasteiger partial charge in [-0.15, -0.1) is 0 Å². The van der Waals surface area contributed by atoms with Crippen LogP contribution in [0.25, 0.3) is 0 Å². The fourth-order valence-electron chi connectivity index (χ4n) is 1.64. The van der Waals surface area contributed by atoms with E-state index in [1.54, 1.807) is 19.1 Å². The van der Waals surface area contributed by atoms with Gasteiger partial charge in [0.2, 0.25) is 5.54 Å². The highest BCUT2D eigenvalue weighted by molar-refractivity contribution is 6.06. The van der Waals surface area contributed by atoms with Gasteiger partial charge in [-0.05, 0) is 31.5 Å². The van der Waals surface area contributed by atoms with Gasteiger partial charge in [-0.2, -0.15) is 13.2 Å². The normalized spacial score (nSPS) is 23.7. The first-order valence-electron chi connectivity index (χ1n) is 5.01. The fourth-order valence-corrected chi connectivity index (χ4v) is 1.64. The molecule has 0 aromatic heterocycles. The summed E-state index contributed by atoms with van der Waals surface area (Å²) >= 11 is 0. The zero-order valence-electron chi connectivity index (χ0n) is 9.27. The minimum Gasteiger partial charge on any atom is -0.362 e. The van der Waals surface area contributed by atoms with Crippen molar-refractivity contribution < 1.29 is 18.0 Å². The molecular weight excluding hydrogens is 233 g/mol. The molecule has 1 atom stereocenters. The molecule has 1 aromatic carbocycles. The number of anilines is 2. The summed E-state index contributed by atoms with van der Waals surface area (Å²) in [4.78, 5) is 11.5. The SMILES string of the molecule is Cc1ccc2c(c1)NC(=O)C(C)(C(F)(F)F)N2. The first-order chi connectivity index (χ1) is 7.74. The summed E-state index contributed by atoms with van der Waals surface area (Å²) in [6, 6.07) is 4.82. The number of hydrogen-bond acceptors (Lipinski definition) is 2. The fraction of sp³-hybridized carbons (Fsp3) is 0.364. The Labute approximate surface area is 96.0 Å². The van der Waals surface area contributed by atoms with Crippen LogP contribution >= 0.6 is 0 Å². The third kappa shape index (κ3) is 1.73. The maximum absolute atomic E-state index is 12.8. The van der Waals surface area contributed by atoms with Crippen molar-refractivity contribution in [3.8, 4) is 0 Å². The molecule has 1 aliphatic rings. The second kappa shape index (κ2) is 3.38. The van der Waals surface area contributed by atoms with Crippen LogP contribution in [0.2, 0.25) is 0 Å². The number of halogens is 3. The Bertz CT molecular complexity index is 484. The van der Waals surface area contributed by atoms with E-state index in [1.165, 1.54) is 6.07 Å². The predicted octanol–water partition coefficient (Wildman–Crippen LogP) is 2.68. The van der Waals surface area contributed by atoms with Crippen LogP contribution in [0.5, 0.6) is 0 Å². The molecule has 0 bridgehead atoms. The van der Waals surface area contributed by atoms with Gasteiger partial charge in [0.05, 0.1) is 11.4 Å². The number of carbonyl (C=O) groups excluding carboxylic acids is 1. The smallest absolute Gasteiger partial charge is 0.362 e. The Morgan fingerprint density at radius 2 is 1.88 bits per heavy atom. The molecule has 1 heterocycles. The van der Waals surface area contributed by atoms with Crippen LogP contribution in [-0.2, 0) is 4.79 Å². The van der Waals surface area contributed by atoms with Gasteiger partial charge < -0.3 is 10.6 Å². The molecule has 1 aromatic rings. The number of alkyl halides is 3. The average Bonchev–Trinajstić information content (AvgIpc) is 2.19. The van der Waals surface area contributed by atoms with Crippen molar-refractivity contribution in [2.24, 2.45) is 0 Å². The van der Waals surface area contributed by atoms with Gasteiger partial charge >= 0.3 is 6.18 Å². The molecule has 0 radical (unpaired) electrons. The standard InChI is InChI=1S/C11H11F3N2O/c1-6-3-4-7-8(5-6)15-9(17)10(2,16-7)11(12,13)14/h3-5,16H,1-2H3,(H,15,17). The van der Waals surface area contributed by atoms with E-state index in [4.69, 9.17) is 0 Å². The number of benzene rings is 1. The molecule has 0 spiro atoms. The van der Waals surface area contributed by atoms with Crippen molar-refractivity contribution in [3.63, 3.8) is 0 Å². The zero-order valence-corrected chi connectivity index (χ0v) is 9.27. The summed E-state index contributed by atoms with van der Waals surface area (Å²) in [5.41, 5.74) is -1.08. The lowest BCUT2D eigenvalue weighted by atomic mass is 9.96. The maximum atomic E-state index is 12.8. The lowest BCUT2D eigenvalue weighted by molar-refractivity contribution is -0.179. The topological polar surface area (TPSA) is 41.1 Å². The highest BCUT2D eigenvalue weighted by Gasteiger charge is 2.58. The van der Waals surface area contributed by atoms with Gasteiger partial charge in [0, 0.05) is 0 Å². The van der Waals surface area contributed by atoms with Crippen LogP contribution in [0.15, 0.2) is 18.2 Å². The number of fused-ring (bicyclic) bond motifs is 1. The summed E-state index contributed by atoms with van der Waals surface area (Å²) < 4.78 is 38.5. The lowest BCUT2D eigenvalue weighted by Gasteiger charge is -2.37. The third-order valence-corrected chi connectivity index (χ3v) is 2.83. The molecule has 3 nitrogen and oxygen atoms in total. The predicted molar refractivity (Wildman–Crippen MR) is 57.9 cm³/mol. The van der Waals surface area contributed by atoms with Gasteiger partial charge in [0.1, 0.15) is 0 Å². The number of rotatable bonds is 0. The maximum Gasteiger partial charge on any atom is 0.420 e. The van der Waals surface area contributed by atoms with Crippen molar-refractivity contribution >= 4 is 17.3 Å². The number of carbonyl (C=O) groups is 1. The lowest BCUT2D eigenvalue weighted by Crippen LogP contribution is -2.60. The van der Waals surface area contributed by atoms with Gasteiger partial charge in [-0.1, -0.05) is 6.07 Å². The monoisotopic (exact) mass is 244 g/mol. The highest BCUT2D eigenvalue weighted by Crippen LogP contribution is 2.40. The van der Waals surface area contributed by atoms with Crippen molar-refractivity contribution in [2.75, 3.05) is 10.6 Å². The minimum absolute atomic E-state index is 0.273. The Hall–Kier alpha value is -1.72. The Morgan fingerprint density at radius 1 is 1.24 bits per heavy atom. The summed E-state index contributed by atoms with van der Waals surface area (Å²) in [5.74, 6) is -1.09. The molecule has 1 unspecified atom stereocenters. The summed E-state index contributed by atoms with van der Waals surface area (Å²) in [7, 11) is 0. The molecule has 6 heteroatoms. The summed E-state index contributed by atoms with van der Waals surface area (Å²) in [6.07, 6.45) is -4.65. The van der Waals surface area contributed by atoms with Crippen molar-refractivity contribution in [1.29, 1.82) is 0 Å². The van der Waals surface area contributed by atoms with Crippen molar-refractivity contribution in [2.45, 2.75) is 25.6 Å². The van der Waals surface area contributed by atoms with E-state index in [0.717, 1.165) is 12.5 Å². The quantitative estimate of drug-likeness (QED) is 0.736. The second-order valence-electron chi connectivity index (χ2n) is 4.25. The van der Waals surface area contributed by atoms with Gasteiger partial charge in [-0.3, -0.25) is 4.79 Å². The molecule has 0 saturated carbocycles. The molecule has 0 fully saturated rings. The van der Waals surface area contributed by atoms with E-state index in [0.29, 0.717) is 5.69 Å². The Morgan fingerprint density at radius 3 is 2.47 bits per heavy atom. The number of aryl methyl sites for hydroxylation is 1. The first-order valence-corrected chi connectivity index (χ1v) is 5.01. The van der Waals surface area contributed by atoms with Crippen molar-refractivity contribution in [1.82, 2.24) is 0 Å². The average molecular weight is 244 g/mol. The molecule has 0 aliphatic carbocycles. The highest BCUT2D eigenvalue weighted by atomic mass is 19.4. The van der Waals surface area contributed by atoms with E-state index in [2.05, 4.69) is 10.6 Å². The molecule has 17 heavy (non-hydrogen) atoms. The van der Waals surface area contributed by atoms with Crippen LogP contribution < -0.4 is 10.6 Å². The Kier molecular flexibility index (Phi) is 2.34. The van der Waals surface area contributed by atoms with E-state index < -0.39 is 17.6 Å². The van der Waals surface area contributed by atoms with E-state index in [-0.39, 0.29) is 5.69 Å². The largest absolute Gasteiger partial charge is 0.420 e. The van der Waals surface area contributed by atoms with Crippen LogP contribution in [0.3, 0.4) is 0 Å². The second-order valence-corrected chi connectivity index (χ2v) is 4.25. The number of amides is 1. The first kappa shape index (κ1) is 11.8. The molecule has 92 valence electrons. The van der Waals surface area contributed by atoms with Crippen LogP contribution in [-0.4, -0.2) is 17.6 Å². The summed E-state index contributed by atoms with van der Waals surface area (Å²) in [6.45, 7) is 2.62. The van der Waals surface area contributed by atoms with E-state index in [9.17, 15) is 18.0 Å². The molecule has 1 aliphatic heterocycles. The molecule has 2 N–H and O–H groups in total. The molecule has 2 rings (SSSR count).